The standard InChI is InChI=1S/C17H17NO3/c1-17(2)6-3-12-9-13-11(10-15(12)21-17)4-7-18-16(13)14(20)5-8-19/h3-4,6-7,9-10,19H,5,8H2,1-2H3. The Kier molecular flexibility index (Phi) is 3.26. The van der Waals surface area contributed by atoms with Gasteiger partial charge < -0.3 is 9.84 Å². The lowest BCUT2D eigenvalue weighted by atomic mass is 9.98. The first-order valence-corrected chi connectivity index (χ1v) is 6.95. The van der Waals surface area contributed by atoms with Gasteiger partial charge in [0, 0.05) is 23.6 Å². The Hall–Kier alpha value is -2.20. The summed E-state index contributed by atoms with van der Waals surface area (Å²) in [5.41, 5.74) is 1.01. The molecule has 1 aromatic carbocycles. The van der Waals surface area contributed by atoms with Crippen LogP contribution in [0.2, 0.25) is 0 Å². The molecule has 21 heavy (non-hydrogen) atoms. The number of hydrogen-bond donors (Lipinski definition) is 1. The number of hydrogen-bond acceptors (Lipinski definition) is 4. The number of carbonyl (C=O) groups excluding carboxylic acids is 1. The second-order valence-electron chi connectivity index (χ2n) is 5.71. The predicted molar refractivity (Wildman–Crippen MR) is 81.5 cm³/mol. The lowest BCUT2D eigenvalue weighted by molar-refractivity contribution is 0.0953. The molecular weight excluding hydrogens is 266 g/mol. The average molecular weight is 283 g/mol. The molecule has 4 nitrogen and oxygen atoms in total. The first-order chi connectivity index (χ1) is 10.00. The van der Waals surface area contributed by atoms with Gasteiger partial charge in [0.15, 0.2) is 5.78 Å². The highest BCUT2D eigenvalue weighted by molar-refractivity contribution is 6.07. The summed E-state index contributed by atoms with van der Waals surface area (Å²) < 4.78 is 5.94. The lowest BCUT2D eigenvalue weighted by Crippen LogP contribution is -2.27. The number of aliphatic hydroxyl groups is 1. The highest BCUT2D eigenvalue weighted by atomic mass is 16.5. The number of rotatable bonds is 3. The molecule has 0 unspecified atom stereocenters. The SMILES string of the molecule is CC1(C)C=Cc2cc3c(C(=O)CCO)nccc3cc2O1. The zero-order valence-electron chi connectivity index (χ0n) is 12.1. The van der Waals surface area contributed by atoms with Crippen molar-refractivity contribution >= 4 is 22.6 Å². The first-order valence-electron chi connectivity index (χ1n) is 6.95. The number of aromatic nitrogens is 1. The summed E-state index contributed by atoms with van der Waals surface area (Å²) in [7, 11) is 0. The molecule has 1 aliphatic heterocycles. The van der Waals surface area contributed by atoms with Crippen LogP contribution in [0.5, 0.6) is 5.75 Å². The molecule has 0 bridgehead atoms. The van der Waals surface area contributed by atoms with Crippen LogP contribution in [0.25, 0.3) is 16.8 Å². The zero-order valence-corrected chi connectivity index (χ0v) is 12.1. The lowest BCUT2D eigenvalue weighted by Gasteiger charge is -2.28. The summed E-state index contributed by atoms with van der Waals surface area (Å²) in [5, 5.41) is 10.6. The summed E-state index contributed by atoms with van der Waals surface area (Å²) in [6.45, 7) is 3.83. The van der Waals surface area contributed by atoms with Crippen molar-refractivity contribution in [3.8, 4) is 5.75 Å². The fourth-order valence-corrected chi connectivity index (χ4v) is 2.49. The minimum Gasteiger partial charge on any atom is -0.483 e. The number of carbonyl (C=O) groups is 1. The van der Waals surface area contributed by atoms with E-state index in [2.05, 4.69) is 4.98 Å². The number of aliphatic hydroxyl groups excluding tert-OH is 1. The zero-order chi connectivity index (χ0) is 15.0. The van der Waals surface area contributed by atoms with Crippen LogP contribution in [0.4, 0.5) is 0 Å². The molecule has 1 N–H and O–H groups in total. The molecule has 2 aromatic rings. The van der Waals surface area contributed by atoms with Gasteiger partial charge in [-0.05, 0) is 43.5 Å². The maximum absolute atomic E-state index is 12.1. The highest BCUT2D eigenvalue weighted by Gasteiger charge is 2.22. The molecule has 0 saturated carbocycles. The fraction of sp³-hybridized carbons (Fsp3) is 0.294. The molecule has 0 amide bonds. The van der Waals surface area contributed by atoms with E-state index in [9.17, 15) is 4.79 Å². The van der Waals surface area contributed by atoms with Gasteiger partial charge in [-0.3, -0.25) is 9.78 Å². The molecule has 4 heteroatoms. The molecule has 0 fully saturated rings. The van der Waals surface area contributed by atoms with Gasteiger partial charge in [0.05, 0.1) is 6.61 Å². The fourth-order valence-electron chi connectivity index (χ4n) is 2.49. The molecule has 0 atom stereocenters. The predicted octanol–water partition coefficient (Wildman–Crippen LogP) is 2.98. The van der Waals surface area contributed by atoms with Crippen molar-refractivity contribution in [2.45, 2.75) is 25.9 Å². The van der Waals surface area contributed by atoms with Crippen molar-refractivity contribution in [1.82, 2.24) is 4.98 Å². The Labute approximate surface area is 123 Å². The molecule has 3 rings (SSSR count). The van der Waals surface area contributed by atoms with Crippen LogP contribution in [0.3, 0.4) is 0 Å². The van der Waals surface area contributed by atoms with Crippen molar-refractivity contribution in [3.05, 3.63) is 41.7 Å². The minimum absolute atomic E-state index is 0.0859. The third-order valence-corrected chi connectivity index (χ3v) is 3.54. The molecule has 108 valence electrons. The monoisotopic (exact) mass is 283 g/mol. The van der Waals surface area contributed by atoms with Crippen LogP contribution in [0, 0.1) is 0 Å². The van der Waals surface area contributed by atoms with Gasteiger partial charge in [0.2, 0.25) is 0 Å². The summed E-state index contributed by atoms with van der Waals surface area (Å²) in [6.07, 6.45) is 5.70. The normalized spacial score (nSPS) is 15.6. The number of benzene rings is 1. The Morgan fingerprint density at radius 2 is 2.19 bits per heavy atom. The van der Waals surface area contributed by atoms with Crippen LogP contribution in [-0.4, -0.2) is 28.1 Å². The smallest absolute Gasteiger partial charge is 0.184 e. The van der Waals surface area contributed by atoms with Gasteiger partial charge in [-0.2, -0.15) is 0 Å². The van der Waals surface area contributed by atoms with Gasteiger partial charge >= 0.3 is 0 Å². The second kappa shape index (κ2) is 4.97. The van der Waals surface area contributed by atoms with E-state index in [1.807, 2.05) is 44.2 Å². The van der Waals surface area contributed by atoms with Crippen LogP contribution in [0.1, 0.15) is 36.3 Å². The van der Waals surface area contributed by atoms with Crippen molar-refractivity contribution in [2.24, 2.45) is 0 Å². The van der Waals surface area contributed by atoms with Crippen LogP contribution in [0.15, 0.2) is 30.5 Å². The summed E-state index contributed by atoms with van der Waals surface area (Å²) >= 11 is 0. The summed E-state index contributed by atoms with van der Waals surface area (Å²) in [4.78, 5) is 16.2. The number of ketones is 1. The van der Waals surface area contributed by atoms with Crippen molar-refractivity contribution in [2.75, 3.05) is 6.61 Å². The van der Waals surface area contributed by atoms with Gasteiger partial charge in [-0.1, -0.05) is 6.08 Å². The van der Waals surface area contributed by atoms with Gasteiger partial charge in [-0.25, -0.2) is 0 Å². The Morgan fingerprint density at radius 1 is 1.38 bits per heavy atom. The Bertz CT molecular complexity index is 747. The molecule has 0 radical (unpaired) electrons. The summed E-state index contributed by atoms with van der Waals surface area (Å²) in [6, 6.07) is 5.72. The number of pyridine rings is 1. The van der Waals surface area contributed by atoms with Crippen molar-refractivity contribution in [3.63, 3.8) is 0 Å². The van der Waals surface area contributed by atoms with E-state index in [-0.39, 0.29) is 24.4 Å². The minimum atomic E-state index is -0.330. The highest BCUT2D eigenvalue weighted by Crippen LogP contribution is 2.35. The average Bonchev–Trinajstić information content (AvgIpc) is 2.44. The Morgan fingerprint density at radius 3 is 2.95 bits per heavy atom. The maximum Gasteiger partial charge on any atom is 0.184 e. The van der Waals surface area contributed by atoms with Crippen LogP contribution < -0.4 is 4.74 Å². The molecule has 1 aliphatic rings. The number of fused-ring (bicyclic) bond motifs is 2. The molecule has 2 heterocycles. The largest absolute Gasteiger partial charge is 0.483 e. The van der Waals surface area contributed by atoms with Gasteiger partial charge in [-0.15, -0.1) is 0 Å². The first kappa shape index (κ1) is 13.8. The molecule has 0 aliphatic carbocycles. The van der Waals surface area contributed by atoms with E-state index in [0.29, 0.717) is 5.69 Å². The Balaban J connectivity index is 2.16. The quantitative estimate of drug-likeness (QED) is 0.880. The molecular formula is C17H17NO3. The van der Waals surface area contributed by atoms with Crippen molar-refractivity contribution < 1.29 is 14.6 Å². The maximum atomic E-state index is 12.1. The molecule has 1 aromatic heterocycles. The third kappa shape index (κ3) is 2.54. The second-order valence-corrected chi connectivity index (χ2v) is 5.71. The van der Waals surface area contributed by atoms with E-state index in [4.69, 9.17) is 9.84 Å². The number of ether oxygens (including phenoxy) is 1. The number of nitrogens with zero attached hydrogens (tertiary/aromatic N) is 1. The van der Waals surface area contributed by atoms with Gasteiger partial charge in [0.25, 0.3) is 0 Å². The van der Waals surface area contributed by atoms with E-state index >= 15 is 0 Å². The molecule has 0 spiro atoms. The van der Waals surface area contributed by atoms with E-state index in [1.165, 1.54) is 0 Å². The van der Waals surface area contributed by atoms with Crippen LogP contribution in [-0.2, 0) is 0 Å². The summed E-state index contributed by atoms with van der Waals surface area (Å²) in [5.74, 6) is 0.658. The molecule has 0 saturated heterocycles. The number of Topliss-reactive ketones (excluding diaryl/α,β-unsaturated/α-hetero) is 1. The van der Waals surface area contributed by atoms with E-state index < -0.39 is 0 Å². The van der Waals surface area contributed by atoms with Crippen LogP contribution >= 0.6 is 0 Å². The van der Waals surface area contributed by atoms with E-state index in [1.54, 1.807) is 6.20 Å². The topological polar surface area (TPSA) is 59.4 Å². The van der Waals surface area contributed by atoms with Crippen molar-refractivity contribution in [1.29, 1.82) is 0 Å². The van der Waals surface area contributed by atoms with Gasteiger partial charge in [0.1, 0.15) is 17.0 Å². The van der Waals surface area contributed by atoms with E-state index in [0.717, 1.165) is 22.1 Å². The third-order valence-electron chi connectivity index (χ3n) is 3.54.